The molecule has 8 N–H and O–H groups in total. The molecule has 95 heavy (non-hydrogen) atoms. The molecule has 7 aliphatic rings. The van der Waals surface area contributed by atoms with Gasteiger partial charge in [0.15, 0.2) is 11.7 Å². The Morgan fingerprint density at radius 1 is 0.895 bits per heavy atom. The number of thioether (sulfide) groups is 1. The number of esters is 5. The van der Waals surface area contributed by atoms with E-state index in [9.17, 15) is 53.7 Å². The minimum Gasteiger partial charge on any atom is -0.455 e. The number of aliphatic hydroxyl groups excluding tert-OH is 2. The maximum absolute atomic E-state index is 15.6. The number of hydrogen-bond acceptors (Lipinski definition) is 22. The molecule has 27 heteroatoms. The molecule has 2 aromatic rings. The first kappa shape index (κ1) is 72.9. The van der Waals surface area contributed by atoms with Gasteiger partial charge in [0.05, 0.1) is 54.7 Å². The number of unbranched alkanes of at least 4 members (excludes halogenated alkanes) is 1. The van der Waals surface area contributed by atoms with E-state index in [-0.39, 0.29) is 83.0 Å². The largest absolute Gasteiger partial charge is 0.455 e. The Labute approximate surface area is 566 Å². The average Bonchev–Trinajstić information content (AvgIpc) is 1.12. The highest BCUT2D eigenvalue weighted by atomic mass is 33.1. The van der Waals surface area contributed by atoms with Crippen LogP contribution < -0.4 is 26.8 Å². The summed E-state index contributed by atoms with van der Waals surface area (Å²) in [5.41, 5.74) is -2.53. The van der Waals surface area contributed by atoms with E-state index in [0.29, 0.717) is 41.7 Å². The third kappa shape index (κ3) is 16.3. The fraction of sp³-hybridized carbons (Fsp3) is 0.632. The van der Waals surface area contributed by atoms with Gasteiger partial charge in [0.25, 0.3) is 0 Å². The van der Waals surface area contributed by atoms with E-state index >= 15 is 4.79 Å². The Bertz CT molecular complexity index is 3300. The van der Waals surface area contributed by atoms with E-state index in [1.165, 1.54) is 53.6 Å². The number of carbonyl (C=O) groups is 9. The van der Waals surface area contributed by atoms with Crippen LogP contribution in [-0.2, 0) is 68.3 Å². The molecule has 3 saturated heterocycles. The van der Waals surface area contributed by atoms with Crippen molar-refractivity contribution in [2.45, 2.75) is 240 Å². The smallest absolute Gasteiger partial charge is 0.408 e. The van der Waals surface area contributed by atoms with Crippen molar-refractivity contribution < 1.29 is 91.6 Å². The van der Waals surface area contributed by atoms with E-state index < -0.39 is 137 Å². The highest BCUT2D eigenvalue weighted by molar-refractivity contribution is 8.77. The van der Waals surface area contributed by atoms with Gasteiger partial charge in [-0.2, -0.15) is 11.8 Å². The van der Waals surface area contributed by atoms with Gasteiger partial charge in [-0.05, 0) is 109 Å². The molecule has 4 aliphatic carbocycles. The number of aliphatic hydroxyl groups is 3. The molecule has 2 bridgehead atoms. The zero-order valence-electron chi connectivity index (χ0n) is 55.6. The van der Waals surface area contributed by atoms with Crippen molar-refractivity contribution in [3.8, 4) is 0 Å². The van der Waals surface area contributed by atoms with E-state index in [2.05, 4.69) is 26.8 Å². The molecule has 2 unspecified atom stereocenters. The molecule has 0 aromatic heterocycles. The zero-order chi connectivity index (χ0) is 69.1. The van der Waals surface area contributed by atoms with E-state index in [0.717, 1.165) is 18.6 Å². The van der Waals surface area contributed by atoms with E-state index in [1.807, 2.05) is 18.7 Å². The second-order valence-corrected chi connectivity index (χ2v) is 32.0. The molecule has 0 spiro atoms. The van der Waals surface area contributed by atoms with E-state index in [1.54, 1.807) is 97.9 Å². The van der Waals surface area contributed by atoms with Gasteiger partial charge in [-0.1, -0.05) is 104 Å². The molecule has 2 aromatic carbocycles. The van der Waals surface area contributed by atoms with E-state index in [4.69, 9.17) is 33.2 Å². The van der Waals surface area contributed by atoms with Crippen LogP contribution in [0.4, 0.5) is 9.59 Å². The molecule has 3 saturated carbocycles. The third-order valence-electron chi connectivity index (χ3n) is 19.4. The summed E-state index contributed by atoms with van der Waals surface area (Å²) < 4.78 is 43.6. The second kappa shape index (κ2) is 29.8. The number of benzene rings is 2. The predicted octanol–water partition coefficient (Wildman–Crippen LogP) is 7.18. The molecule has 3 aliphatic heterocycles. The number of alkyl carbamates (subject to hydrolysis) is 1. The highest BCUT2D eigenvalue weighted by Gasteiger charge is 2.78. The number of allylic oxidation sites excluding steroid dienone is 1. The van der Waals surface area contributed by atoms with Crippen molar-refractivity contribution in [2.75, 3.05) is 12.4 Å². The van der Waals surface area contributed by atoms with Gasteiger partial charge < -0.3 is 64.4 Å². The average molecular weight is 1380 g/mol. The number of nitrogens with one attached hydrogen (secondary N) is 5. The Hall–Kier alpha value is -6.36. The molecule has 520 valence electrons. The summed E-state index contributed by atoms with van der Waals surface area (Å²) >= 11 is 1.81. The van der Waals surface area contributed by atoms with Crippen LogP contribution >= 0.6 is 33.3 Å². The molecule has 6 fully saturated rings. The van der Waals surface area contributed by atoms with Crippen molar-refractivity contribution in [2.24, 2.45) is 22.7 Å². The zero-order valence-corrected chi connectivity index (χ0v) is 58.1. The lowest BCUT2D eigenvalue weighted by Gasteiger charge is -2.69. The van der Waals surface area contributed by atoms with Crippen LogP contribution in [0.3, 0.4) is 0 Å². The summed E-state index contributed by atoms with van der Waals surface area (Å²) in [6.07, 6.45) is -8.21. The first-order valence-corrected chi connectivity index (χ1v) is 35.8. The van der Waals surface area contributed by atoms with Crippen LogP contribution in [0.15, 0.2) is 82.3 Å². The number of urea groups is 1. The Kier molecular flexibility index (Phi) is 22.8. The Morgan fingerprint density at radius 2 is 1.58 bits per heavy atom. The lowest BCUT2D eigenvalue weighted by molar-refractivity contribution is -0.365. The van der Waals surface area contributed by atoms with Crippen molar-refractivity contribution in [3.05, 3.63) is 88.5 Å². The van der Waals surface area contributed by atoms with Gasteiger partial charge in [-0.15, -0.1) is 0 Å². The first-order chi connectivity index (χ1) is 44.8. The quantitative estimate of drug-likeness (QED) is 0.00981. The molecule has 5 amide bonds. The van der Waals surface area contributed by atoms with Crippen LogP contribution in [0.1, 0.15) is 156 Å². The summed E-state index contributed by atoms with van der Waals surface area (Å²) in [4.78, 5) is 124. The first-order valence-electron chi connectivity index (χ1n) is 32.6. The second-order valence-electron chi connectivity index (χ2n) is 28.1. The van der Waals surface area contributed by atoms with Crippen molar-refractivity contribution >= 4 is 87.1 Å². The normalized spacial score (nSPS) is 30.4. The van der Waals surface area contributed by atoms with Crippen molar-refractivity contribution in [1.29, 1.82) is 0 Å². The van der Waals surface area contributed by atoms with Crippen LogP contribution in [0.5, 0.6) is 0 Å². The van der Waals surface area contributed by atoms with Crippen molar-refractivity contribution in [3.63, 3.8) is 0 Å². The number of rotatable bonds is 24. The topological polar surface area (TPSA) is 339 Å². The predicted molar refractivity (Wildman–Crippen MR) is 352 cm³/mol. The number of hydrazine groups is 1. The number of carbonyl (C=O) groups excluding carboxylic acids is 9. The molecule has 9 rings (SSSR count). The summed E-state index contributed by atoms with van der Waals surface area (Å²) in [7, 11) is 2.80. The van der Waals surface area contributed by atoms with Crippen LogP contribution in [0.2, 0.25) is 0 Å². The maximum atomic E-state index is 15.6. The van der Waals surface area contributed by atoms with Crippen LogP contribution in [0.25, 0.3) is 0 Å². The molecule has 16 atom stereocenters. The number of hydrogen-bond donors (Lipinski definition) is 8. The Balaban J connectivity index is 0.965. The molecule has 3 heterocycles. The van der Waals surface area contributed by atoms with Crippen LogP contribution in [0, 0.1) is 22.7 Å². The lowest BCUT2D eigenvalue weighted by Crippen LogP contribution is -2.82. The minimum atomic E-state index is -2.46. The summed E-state index contributed by atoms with van der Waals surface area (Å²) in [6.45, 7) is 17.4. The van der Waals surface area contributed by atoms with Gasteiger partial charge in [0.2, 0.25) is 17.9 Å². The highest BCUT2D eigenvalue weighted by Crippen LogP contribution is 2.65. The van der Waals surface area contributed by atoms with Crippen molar-refractivity contribution in [1.82, 2.24) is 26.8 Å². The molecular formula is C68H91N5O19S3. The van der Waals surface area contributed by atoms with Crippen LogP contribution in [-0.4, -0.2) is 170 Å². The fourth-order valence-electron chi connectivity index (χ4n) is 14.2. The summed E-state index contributed by atoms with van der Waals surface area (Å²) in [5, 5.41) is 48.8. The maximum Gasteiger partial charge on any atom is 0.408 e. The van der Waals surface area contributed by atoms with Gasteiger partial charge in [0.1, 0.15) is 35.6 Å². The van der Waals surface area contributed by atoms with Gasteiger partial charge >= 0.3 is 42.0 Å². The lowest BCUT2D eigenvalue weighted by atomic mass is 9.44. The van der Waals surface area contributed by atoms with Gasteiger partial charge in [-0.25, -0.2) is 19.2 Å². The number of fused-ring (bicyclic) bond motifs is 6. The summed E-state index contributed by atoms with van der Waals surface area (Å²) in [5.74, 6) is -6.44. The molecule has 0 radical (unpaired) electrons. The monoisotopic (exact) mass is 1380 g/mol. The fourth-order valence-corrected chi connectivity index (χ4v) is 18.2. The Morgan fingerprint density at radius 3 is 2.23 bits per heavy atom. The number of ether oxygens (including phenoxy) is 7. The summed E-state index contributed by atoms with van der Waals surface area (Å²) in [6, 6.07) is 13.5. The number of amides is 5. The standard InChI is InChI=1S/C68H91N5O19S3/c1-35(2)29-42(70-63(84)92-64(6,7)8)54(88-51(78)30-41-21-15-16-22-45(41)95-94-36(3)25-28-50(77)73-72-49(76)24-18-17-23-46-53-43(33-93-46)69-62(83)71-53)61(82)87-44-32-68(85)58(90-60(81)39-19-13-12-14-20-39)56-66(11,47(75)31-48-67(56,34-86-48)91-38(5)74)57(79)55(89-59(80)40-26-27-40)52(37(44)4)65(68,9)10/h12-16,19-22,29,36,40,42-44,46-48,53-58,75,79,85H,17-18,23-28,30-34H2,1-11H3,(H,70,84)(H,72,76)(H,73,77)(H2,69,71,83)/t36?,42-,43-,44-,46-,47-,48+,53-,54+,55+,56-,57?,58-,66+,67-,68+/m0/s1. The molecule has 24 nitrogen and oxygen atoms in total. The molecular weight excluding hydrogens is 1290 g/mol. The third-order valence-corrected chi connectivity index (χ3v) is 23.9. The minimum absolute atomic E-state index is 0.0548. The van der Waals surface area contributed by atoms with Gasteiger partial charge in [0, 0.05) is 64.6 Å². The van der Waals surface area contributed by atoms with Gasteiger partial charge in [-0.3, -0.25) is 34.8 Å². The SMILES string of the molecule is CC(=O)O[C@@]12CO[C@@H]1C[C@H](O)[C@@]1(C)C(O)[C@H](OC(=O)C3CC3)C3=C(C)[C@@H](OC(=O)[C@H](OC(=O)Cc4ccccc4SSC(C)CCC(=O)NNC(=O)CCCC[C@@H]4SC[C@@H]5NC(=O)N[C@@H]54)[C@H](C=C(C)C)NC(=O)OC(C)(C)C)C[C@@](O)([C@@H](OC(=O)c4ccccc4)[C@H]21)C3(C)C.